The van der Waals surface area contributed by atoms with E-state index in [4.69, 9.17) is 0 Å². The van der Waals surface area contributed by atoms with Gasteiger partial charge in [0, 0.05) is 51.0 Å². The number of alkyl halides is 3. The zero-order valence-electron chi connectivity index (χ0n) is 29.7. The highest BCUT2D eigenvalue weighted by molar-refractivity contribution is 7.89. The Labute approximate surface area is 286 Å². The molecule has 5 amide bonds. The van der Waals surface area contributed by atoms with Crippen molar-refractivity contribution in [3.63, 3.8) is 0 Å². The van der Waals surface area contributed by atoms with Gasteiger partial charge in [-0.2, -0.15) is 17.5 Å². The maximum atomic E-state index is 14.3. The Morgan fingerprint density at radius 1 is 0.939 bits per heavy atom. The van der Waals surface area contributed by atoms with Crippen LogP contribution in [0.1, 0.15) is 74.7 Å². The van der Waals surface area contributed by atoms with Crippen LogP contribution in [0.4, 0.5) is 18.0 Å². The van der Waals surface area contributed by atoms with Gasteiger partial charge >= 0.3 is 12.2 Å². The molecule has 17 heteroatoms. The molecule has 3 aliphatic rings. The highest BCUT2D eigenvalue weighted by Crippen LogP contribution is 2.56. The Morgan fingerprint density at radius 2 is 1.55 bits per heavy atom. The summed E-state index contributed by atoms with van der Waals surface area (Å²) in [4.78, 5) is 67.7. The van der Waals surface area contributed by atoms with E-state index in [1.807, 2.05) is 34.6 Å². The lowest BCUT2D eigenvalue weighted by molar-refractivity contribution is -0.147. The summed E-state index contributed by atoms with van der Waals surface area (Å²) >= 11 is 0. The number of urea groups is 1. The number of carbonyl (C=O) groups is 5. The molecule has 0 bridgehead atoms. The Bertz CT molecular complexity index is 1460. The fraction of sp³-hybridized carbons (Fsp3) is 0.781. The fourth-order valence-electron chi connectivity index (χ4n) is 6.59. The number of halogens is 3. The SMILES string of the molecule is CNC(=O)C(=O)C(CCC(F)(F)F)NC(=O)[C@@H]1[C@H]2C(=C(C)C)[C@H]2CN1C(=O)[C@@H](NC(=O)N[C@H](CN1CCCS1(=O)=O)C(C)(C)C)C(C)(C)C. The van der Waals surface area contributed by atoms with Crippen LogP contribution in [-0.4, -0.2) is 110 Å². The number of sulfonamides is 1. The molecule has 3 rings (SSSR count). The highest BCUT2D eigenvalue weighted by Gasteiger charge is 2.62. The average Bonchev–Trinajstić information content (AvgIpc) is 3.36. The van der Waals surface area contributed by atoms with Crippen molar-refractivity contribution in [1.29, 1.82) is 0 Å². The van der Waals surface area contributed by atoms with Gasteiger partial charge in [-0.25, -0.2) is 13.2 Å². The van der Waals surface area contributed by atoms with Crippen LogP contribution in [0.25, 0.3) is 0 Å². The number of nitrogens with one attached hydrogen (secondary N) is 4. The van der Waals surface area contributed by atoms with Crippen molar-refractivity contribution in [2.45, 2.75) is 105 Å². The predicted octanol–water partition coefficient (Wildman–Crippen LogP) is 2.09. The second-order valence-corrected chi connectivity index (χ2v) is 17.6. The van der Waals surface area contributed by atoms with E-state index in [0.29, 0.717) is 13.0 Å². The van der Waals surface area contributed by atoms with Gasteiger partial charge < -0.3 is 26.2 Å². The minimum Gasteiger partial charge on any atom is -0.353 e. The minimum atomic E-state index is -4.65. The van der Waals surface area contributed by atoms with E-state index in [-0.39, 0.29) is 24.8 Å². The number of likely N-dealkylation sites (N-methyl/N-ethyl adjacent to an activating group) is 1. The normalized spacial score (nSPS) is 24.0. The van der Waals surface area contributed by atoms with Crippen molar-refractivity contribution in [2.24, 2.45) is 22.7 Å². The molecule has 6 atom stereocenters. The standard InChI is InChI=1S/C32H51F3N6O7S/c1-17(2)21-18-15-41(23(22(18)21)26(43)37-19(11-12-32(33,34)35)24(42)27(44)36-9)28(45)25(31(6,7)8)39-29(46)38-20(30(3,4)5)16-40-13-10-14-49(40,47)48/h18-20,22-23,25H,10-16H2,1-9H3,(H,36,44)(H,37,43)(H2,38,39,46)/t18-,19?,20-,22-,23+,25-/m1/s1. The maximum absolute atomic E-state index is 14.3. The first-order valence-corrected chi connectivity index (χ1v) is 18.1. The Hall–Kier alpha value is -3.21. The number of hydrogen-bond acceptors (Lipinski definition) is 7. The lowest BCUT2D eigenvalue weighted by atomic mass is 9.85. The van der Waals surface area contributed by atoms with Gasteiger partial charge in [0.15, 0.2) is 0 Å². The first-order valence-electron chi connectivity index (χ1n) is 16.5. The van der Waals surface area contributed by atoms with Crippen molar-refractivity contribution in [3.05, 3.63) is 11.1 Å². The van der Waals surface area contributed by atoms with Gasteiger partial charge in [0.25, 0.3) is 5.91 Å². The lowest BCUT2D eigenvalue weighted by Gasteiger charge is -2.38. The van der Waals surface area contributed by atoms with Crippen molar-refractivity contribution >= 4 is 39.6 Å². The summed E-state index contributed by atoms with van der Waals surface area (Å²) in [5.74, 6) is -4.52. The predicted molar refractivity (Wildman–Crippen MR) is 175 cm³/mol. The second kappa shape index (κ2) is 14.6. The molecule has 2 saturated heterocycles. The summed E-state index contributed by atoms with van der Waals surface area (Å²) in [6.07, 6.45) is -6.47. The third-order valence-corrected chi connectivity index (χ3v) is 11.3. The summed E-state index contributed by atoms with van der Waals surface area (Å²) in [6, 6.07) is -5.51. The summed E-state index contributed by atoms with van der Waals surface area (Å²) in [5.41, 5.74) is 0.400. The number of likely N-dealkylation sites (tertiary alicyclic amines) is 1. The zero-order valence-corrected chi connectivity index (χ0v) is 30.5. The number of carbonyl (C=O) groups excluding carboxylic acids is 5. The molecule has 2 aliphatic heterocycles. The molecule has 49 heavy (non-hydrogen) atoms. The summed E-state index contributed by atoms with van der Waals surface area (Å²) in [7, 11) is -2.30. The number of nitrogens with zero attached hydrogens (tertiary/aromatic N) is 2. The van der Waals surface area contributed by atoms with Gasteiger partial charge in [0.05, 0.1) is 11.8 Å². The molecule has 0 aromatic rings. The number of Topliss-reactive ketones (excluding diaryl/α,β-unsaturated/α-hetero) is 1. The van der Waals surface area contributed by atoms with Crippen LogP contribution in [0.5, 0.6) is 0 Å². The fourth-order valence-corrected chi connectivity index (χ4v) is 8.13. The second-order valence-electron chi connectivity index (χ2n) is 15.5. The summed E-state index contributed by atoms with van der Waals surface area (Å²) in [5, 5.41) is 9.99. The molecule has 0 spiro atoms. The van der Waals surface area contributed by atoms with E-state index in [9.17, 15) is 45.6 Å². The largest absolute Gasteiger partial charge is 0.389 e. The average molecular weight is 721 g/mol. The number of ketones is 1. The third-order valence-electron chi connectivity index (χ3n) is 9.41. The van der Waals surface area contributed by atoms with Crippen molar-refractivity contribution < 1.29 is 45.6 Å². The molecule has 0 aromatic carbocycles. The smallest absolute Gasteiger partial charge is 0.353 e. The Balaban J connectivity index is 1.88. The summed E-state index contributed by atoms with van der Waals surface area (Å²) < 4.78 is 65.7. The molecule has 1 aliphatic carbocycles. The molecule has 13 nitrogen and oxygen atoms in total. The van der Waals surface area contributed by atoms with Gasteiger partial charge in [-0.1, -0.05) is 52.7 Å². The van der Waals surface area contributed by atoms with Crippen LogP contribution in [0, 0.1) is 22.7 Å². The summed E-state index contributed by atoms with van der Waals surface area (Å²) in [6.45, 7) is 14.9. The van der Waals surface area contributed by atoms with Gasteiger partial charge in [-0.05, 0) is 37.5 Å². The Morgan fingerprint density at radius 3 is 2.02 bits per heavy atom. The molecule has 1 unspecified atom stereocenters. The molecule has 0 radical (unpaired) electrons. The first kappa shape index (κ1) is 40.2. The van der Waals surface area contributed by atoms with Gasteiger partial charge in [-0.3, -0.25) is 19.2 Å². The lowest BCUT2D eigenvalue weighted by Crippen LogP contribution is -2.62. The molecule has 2 heterocycles. The van der Waals surface area contributed by atoms with Crippen LogP contribution >= 0.6 is 0 Å². The number of allylic oxidation sites excluding steroid dienone is 1. The van der Waals surface area contributed by atoms with Crippen molar-refractivity contribution in [3.8, 4) is 0 Å². The zero-order chi connectivity index (χ0) is 37.4. The molecular formula is C32H51F3N6O7S. The van der Waals surface area contributed by atoms with E-state index < -0.39 is 99.5 Å². The molecule has 4 N–H and O–H groups in total. The van der Waals surface area contributed by atoms with Crippen LogP contribution < -0.4 is 21.3 Å². The Kier molecular flexibility index (Phi) is 12.0. The number of rotatable bonds is 11. The van der Waals surface area contributed by atoms with Crippen LogP contribution in [0.3, 0.4) is 0 Å². The topological polar surface area (TPSA) is 174 Å². The van der Waals surface area contributed by atoms with E-state index in [1.54, 1.807) is 20.8 Å². The van der Waals surface area contributed by atoms with E-state index in [2.05, 4.69) is 21.3 Å². The first-order chi connectivity index (χ1) is 22.3. The maximum Gasteiger partial charge on any atom is 0.389 e. The van der Waals surface area contributed by atoms with Crippen LogP contribution in [0.2, 0.25) is 0 Å². The van der Waals surface area contributed by atoms with E-state index in [1.165, 1.54) is 9.21 Å². The van der Waals surface area contributed by atoms with Gasteiger partial charge in [0.1, 0.15) is 12.1 Å². The minimum absolute atomic E-state index is 0.0285. The highest BCUT2D eigenvalue weighted by atomic mass is 32.2. The quantitative estimate of drug-likeness (QED) is 0.187. The molecule has 1 saturated carbocycles. The van der Waals surface area contributed by atoms with E-state index in [0.717, 1.165) is 18.2 Å². The number of hydrogen-bond donors (Lipinski definition) is 4. The van der Waals surface area contributed by atoms with Crippen LogP contribution in [0.15, 0.2) is 11.1 Å². The van der Waals surface area contributed by atoms with E-state index >= 15 is 0 Å². The van der Waals surface area contributed by atoms with Crippen molar-refractivity contribution in [1.82, 2.24) is 30.5 Å². The van der Waals surface area contributed by atoms with Crippen LogP contribution in [-0.2, 0) is 29.2 Å². The van der Waals surface area contributed by atoms with Gasteiger partial charge in [-0.15, -0.1) is 0 Å². The van der Waals surface area contributed by atoms with Crippen molar-refractivity contribution in [2.75, 3.05) is 32.4 Å². The molecule has 3 fully saturated rings. The number of piperidine rings is 1. The number of fused-ring (bicyclic) bond motifs is 1. The number of amides is 5. The molecule has 0 aromatic heterocycles. The third kappa shape index (κ3) is 9.73. The monoisotopic (exact) mass is 720 g/mol. The van der Waals surface area contributed by atoms with Gasteiger partial charge in [0.2, 0.25) is 27.6 Å². The molecule has 278 valence electrons. The molecular weight excluding hydrogens is 669 g/mol.